The highest BCUT2D eigenvalue weighted by Crippen LogP contribution is 2.37. The van der Waals surface area contributed by atoms with E-state index >= 15 is 0 Å². The average Bonchev–Trinajstić information content (AvgIpc) is 2.09. The lowest BCUT2D eigenvalue weighted by atomic mass is 9.72. The van der Waals surface area contributed by atoms with Crippen molar-refractivity contribution in [3.63, 3.8) is 0 Å². The third-order valence-corrected chi connectivity index (χ3v) is 3.94. The van der Waals surface area contributed by atoms with E-state index < -0.39 is 0 Å². The molecule has 0 radical (unpaired) electrons. The minimum Gasteiger partial charge on any atom is -0.309 e. The predicted molar refractivity (Wildman–Crippen MR) is 68.5 cm³/mol. The van der Waals surface area contributed by atoms with Gasteiger partial charge in [0.2, 0.25) is 0 Å². The van der Waals surface area contributed by atoms with Gasteiger partial charge in [-0.05, 0) is 52.4 Å². The first-order valence-electron chi connectivity index (χ1n) is 6.41. The van der Waals surface area contributed by atoms with Gasteiger partial charge in [0.05, 0.1) is 0 Å². The Morgan fingerprint density at radius 1 is 1.19 bits per heavy atom. The van der Waals surface area contributed by atoms with Crippen molar-refractivity contribution in [1.82, 2.24) is 5.32 Å². The van der Waals surface area contributed by atoms with E-state index in [2.05, 4.69) is 39.9 Å². The lowest BCUT2D eigenvalue weighted by molar-refractivity contribution is -0.123. The van der Waals surface area contributed by atoms with Crippen molar-refractivity contribution in [3.05, 3.63) is 0 Å². The number of nitrogens with one attached hydrogen (secondary N) is 1. The van der Waals surface area contributed by atoms with E-state index in [4.69, 9.17) is 0 Å². The molecule has 1 N–H and O–H groups in total. The van der Waals surface area contributed by atoms with Crippen LogP contribution in [0.25, 0.3) is 0 Å². The molecule has 2 unspecified atom stereocenters. The van der Waals surface area contributed by atoms with Gasteiger partial charge in [0.25, 0.3) is 0 Å². The molecule has 2 atom stereocenters. The van der Waals surface area contributed by atoms with Crippen molar-refractivity contribution in [2.24, 2.45) is 11.3 Å². The van der Waals surface area contributed by atoms with E-state index in [0.717, 1.165) is 6.42 Å². The summed E-state index contributed by atoms with van der Waals surface area (Å²) in [6, 6.07) is 0.284. The Kier molecular flexibility index (Phi) is 3.83. The van der Waals surface area contributed by atoms with Crippen LogP contribution in [0.3, 0.4) is 0 Å². The molecule has 0 aromatic carbocycles. The minimum atomic E-state index is 0.144. The molecule has 0 aromatic heterocycles. The first-order valence-corrected chi connectivity index (χ1v) is 6.41. The summed E-state index contributed by atoms with van der Waals surface area (Å²) in [4.78, 5) is 11.7. The molecule has 2 nitrogen and oxygen atoms in total. The Morgan fingerprint density at radius 2 is 1.75 bits per heavy atom. The third kappa shape index (κ3) is 3.58. The minimum absolute atomic E-state index is 0.144. The van der Waals surface area contributed by atoms with Crippen LogP contribution in [0.15, 0.2) is 0 Å². The SMILES string of the molecule is CC(=O)C1CC(C)(C)CCC(C)(C)NC1C. The lowest BCUT2D eigenvalue weighted by Gasteiger charge is -2.42. The van der Waals surface area contributed by atoms with Crippen LogP contribution in [0, 0.1) is 11.3 Å². The zero-order valence-corrected chi connectivity index (χ0v) is 11.7. The third-order valence-electron chi connectivity index (χ3n) is 3.94. The average molecular weight is 225 g/mol. The maximum Gasteiger partial charge on any atom is 0.134 e. The van der Waals surface area contributed by atoms with Crippen LogP contribution >= 0.6 is 0 Å². The summed E-state index contributed by atoms with van der Waals surface area (Å²) in [5.41, 5.74) is 0.425. The maximum absolute atomic E-state index is 11.7. The van der Waals surface area contributed by atoms with E-state index in [-0.39, 0.29) is 22.9 Å². The van der Waals surface area contributed by atoms with Crippen LogP contribution in [0.2, 0.25) is 0 Å². The zero-order valence-electron chi connectivity index (χ0n) is 11.7. The van der Waals surface area contributed by atoms with E-state index in [1.165, 1.54) is 12.8 Å². The quantitative estimate of drug-likeness (QED) is 0.742. The Balaban J connectivity index is 2.90. The number of hydrogen-bond acceptors (Lipinski definition) is 2. The summed E-state index contributed by atoms with van der Waals surface area (Å²) in [5.74, 6) is 0.486. The van der Waals surface area contributed by atoms with Crippen molar-refractivity contribution in [2.45, 2.75) is 72.4 Å². The van der Waals surface area contributed by atoms with Gasteiger partial charge < -0.3 is 5.32 Å². The first kappa shape index (κ1) is 13.7. The van der Waals surface area contributed by atoms with Crippen LogP contribution in [0.5, 0.6) is 0 Å². The van der Waals surface area contributed by atoms with Crippen molar-refractivity contribution in [2.75, 3.05) is 0 Å². The summed E-state index contributed by atoms with van der Waals surface area (Å²) in [6.45, 7) is 12.9. The van der Waals surface area contributed by atoms with Gasteiger partial charge in [-0.15, -0.1) is 0 Å². The lowest BCUT2D eigenvalue weighted by Crippen LogP contribution is -2.52. The highest BCUT2D eigenvalue weighted by Gasteiger charge is 2.36. The largest absolute Gasteiger partial charge is 0.309 e. The van der Waals surface area contributed by atoms with E-state index in [1.807, 2.05) is 0 Å². The molecule has 1 aliphatic heterocycles. The molecular formula is C14H27NO. The second kappa shape index (κ2) is 4.48. The molecule has 94 valence electrons. The molecule has 0 amide bonds. The fraction of sp³-hybridized carbons (Fsp3) is 0.929. The molecular weight excluding hydrogens is 198 g/mol. The number of ketones is 1. The smallest absolute Gasteiger partial charge is 0.134 e. The molecule has 2 heteroatoms. The second-order valence-electron chi connectivity index (χ2n) is 6.90. The van der Waals surface area contributed by atoms with Gasteiger partial charge >= 0.3 is 0 Å². The summed E-state index contributed by atoms with van der Waals surface area (Å²) in [7, 11) is 0. The second-order valence-corrected chi connectivity index (χ2v) is 6.90. The Labute approximate surface area is 100 Å². The monoisotopic (exact) mass is 225 g/mol. The van der Waals surface area contributed by atoms with E-state index in [9.17, 15) is 4.79 Å². The van der Waals surface area contributed by atoms with Crippen molar-refractivity contribution in [3.8, 4) is 0 Å². The molecule has 1 aliphatic rings. The highest BCUT2D eigenvalue weighted by atomic mass is 16.1. The molecule has 16 heavy (non-hydrogen) atoms. The van der Waals surface area contributed by atoms with Crippen molar-refractivity contribution in [1.29, 1.82) is 0 Å². The van der Waals surface area contributed by atoms with Gasteiger partial charge in [-0.25, -0.2) is 0 Å². The molecule has 1 fully saturated rings. The molecule has 0 saturated carbocycles. The molecule has 0 spiro atoms. The number of hydrogen-bond donors (Lipinski definition) is 1. The summed E-state index contributed by atoms with van der Waals surface area (Å²) < 4.78 is 0. The van der Waals surface area contributed by atoms with Crippen LogP contribution in [0.1, 0.15) is 60.8 Å². The standard InChI is InChI=1S/C14H27NO/c1-10-12(11(2)16)9-13(3,4)7-8-14(5,6)15-10/h10,12,15H,7-9H2,1-6H3. The van der Waals surface area contributed by atoms with Gasteiger partial charge in [-0.2, -0.15) is 0 Å². The fourth-order valence-corrected chi connectivity index (χ4v) is 2.81. The van der Waals surface area contributed by atoms with Gasteiger partial charge in [-0.3, -0.25) is 4.79 Å². The topological polar surface area (TPSA) is 29.1 Å². The maximum atomic E-state index is 11.7. The number of rotatable bonds is 1. The van der Waals surface area contributed by atoms with Crippen LogP contribution in [0.4, 0.5) is 0 Å². The number of carbonyl (C=O) groups excluding carboxylic acids is 1. The molecule has 1 rings (SSSR count). The fourth-order valence-electron chi connectivity index (χ4n) is 2.81. The van der Waals surface area contributed by atoms with Gasteiger partial charge in [0, 0.05) is 17.5 Å². The van der Waals surface area contributed by atoms with Crippen molar-refractivity contribution < 1.29 is 4.79 Å². The number of Topliss-reactive ketones (excluding diaryl/α,β-unsaturated/α-hetero) is 1. The van der Waals surface area contributed by atoms with Crippen molar-refractivity contribution >= 4 is 5.78 Å². The van der Waals surface area contributed by atoms with Crippen LogP contribution < -0.4 is 5.32 Å². The van der Waals surface area contributed by atoms with E-state index in [1.54, 1.807) is 6.92 Å². The molecule has 0 bridgehead atoms. The molecule has 0 aliphatic carbocycles. The summed E-state index contributed by atoms with van der Waals surface area (Å²) in [5, 5.41) is 3.61. The van der Waals surface area contributed by atoms with Crippen LogP contribution in [-0.2, 0) is 4.79 Å². The molecule has 0 aromatic rings. The molecule has 1 heterocycles. The van der Waals surface area contributed by atoms with Gasteiger partial charge in [0.15, 0.2) is 0 Å². The molecule has 1 saturated heterocycles. The summed E-state index contributed by atoms with van der Waals surface area (Å²) in [6.07, 6.45) is 3.37. The zero-order chi connectivity index (χ0) is 12.6. The Morgan fingerprint density at radius 3 is 2.25 bits per heavy atom. The number of carbonyl (C=O) groups is 1. The van der Waals surface area contributed by atoms with Gasteiger partial charge in [0.1, 0.15) is 5.78 Å². The highest BCUT2D eigenvalue weighted by molar-refractivity contribution is 5.79. The first-order chi connectivity index (χ1) is 7.13. The normalized spacial score (nSPS) is 33.9. The Hall–Kier alpha value is -0.370. The summed E-state index contributed by atoms with van der Waals surface area (Å²) >= 11 is 0. The Bertz CT molecular complexity index is 268. The van der Waals surface area contributed by atoms with E-state index in [0.29, 0.717) is 5.78 Å². The predicted octanol–water partition coefficient (Wildman–Crippen LogP) is 3.16. The van der Waals surface area contributed by atoms with Gasteiger partial charge in [-0.1, -0.05) is 13.8 Å². The van der Waals surface area contributed by atoms with Crippen LogP contribution in [-0.4, -0.2) is 17.4 Å².